The molecule has 1 unspecified atom stereocenters. The number of hydrogen-bond donors (Lipinski definition) is 2. The lowest BCUT2D eigenvalue weighted by Crippen LogP contribution is -2.41. The van der Waals surface area contributed by atoms with Crippen LogP contribution in [0.2, 0.25) is 0 Å². The third kappa shape index (κ3) is 4.09. The fourth-order valence-corrected chi connectivity index (χ4v) is 3.06. The van der Waals surface area contributed by atoms with Crippen LogP contribution in [-0.2, 0) is 14.4 Å². The summed E-state index contributed by atoms with van der Waals surface area (Å²) in [4.78, 5) is 34.7. The SMILES string of the molecule is CC(=O)Nc1cccc(SCC2CCC(=O)NC2=O)c1. The van der Waals surface area contributed by atoms with Gasteiger partial charge >= 0.3 is 0 Å². The molecule has 1 aromatic carbocycles. The highest BCUT2D eigenvalue weighted by Gasteiger charge is 2.26. The molecule has 0 spiro atoms. The van der Waals surface area contributed by atoms with Gasteiger partial charge < -0.3 is 5.32 Å². The molecule has 5 nitrogen and oxygen atoms in total. The van der Waals surface area contributed by atoms with Crippen molar-refractivity contribution in [1.82, 2.24) is 5.32 Å². The predicted molar refractivity (Wildman–Crippen MR) is 77.3 cm³/mol. The van der Waals surface area contributed by atoms with Crippen molar-refractivity contribution in [1.29, 1.82) is 0 Å². The third-order valence-corrected chi connectivity index (χ3v) is 4.12. The molecular weight excluding hydrogens is 276 g/mol. The standard InChI is InChI=1S/C14H16N2O3S/c1-9(17)15-11-3-2-4-12(7-11)20-8-10-5-6-13(18)16-14(10)19/h2-4,7,10H,5-6,8H2,1H3,(H,15,17)(H,16,18,19). The third-order valence-electron chi connectivity index (χ3n) is 2.96. The van der Waals surface area contributed by atoms with E-state index in [4.69, 9.17) is 0 Å². The predicted octanol–water partition coefficient (Wildman–Crippen LogP) is 1.79. The Morgan fingerprint density at radius 1 is 1.45 bits per heavy atom. The highest BCUT2D eigenvalue weighted by molar-refractivity contribution is 7.99. The molecule has 1 heterocycles. The number of anilines is 1. The first-order valence-corrected chi connectivity index (χ1v) is 7.37. The van der Waals surface area contributed by atoms with Crippen LogP contribution in [0.15, 0.2) is 29.2 Å². The largest absolute Gasteiger partial charge is 0.326 e. The van der Waals surface area contributed by atoms with Crippen molar-refractivity contribution in [3.05, 3.63) is 24.3 Å². The van der Waals surface area contributed by atoms with Gasteiger partial charge in [0.15, 0.2) is 0 Å². The van der Waals surface area contributed by atoms with Crippen molar-refractivity contribution in [2.24, 2.45) is 5.92 Å². The Morgan fingerprint density at radius 3 is 2.95 bits per heavy atom. The number of thioether (sulfide) groups is 1. The topological polar surface area (TPSA) is 75.3 Å². The van der Waals surface area contributed by atoms with E-state index in [0.717, 1.165) is 10.6 Å². The zero-order valence-corrected chi connectivity index (χ0v) is 12.0. The fraction of sp³-hybridized carbons (Fsp3) is 0.357. The average molecular weight is 292 g/mol. The van der Waals surface area contributed by atoms with E-state index in [2.05, 4.69) is 10.6 Å². The van der Waals surface area contributed by atoms with E-state index in [-0.39, 0.29) is 23.6 Å². The first kappa shape index (κ1) is 14.6. The number of imide groups is 1. The second kappa shape index (κ2) is 6.56. The average Bonchev–Trinajstić information content (AvgIpc) is 2.37. The molecule has 1 saturated heterocycles. The van der Waals surface area contributed by atoms with Gasteiger partial charge in [0.2, 0.25) is 17.7 Å². The number of benzene rings is 1. The van der Waals surface area contributed by atoms with Crippen molar-refractivity contribution in [2.45, 2.75) is 24.7 Å². The molecule has 2 rings (SSSR count). The number of carbonyl (C=O) groups excluding carboxylic acids is 3. The minimum atomic E-state index is -0.191. The molecule has 1 aromatic rings. The van der Waals surface area contributed by atoms with Crippen molar-refractivity contribution in [3.63, 3.8) is 0 Å². The van der Waals surface area contributed by atoms with Gasteiger partial charge in [-0.3, -0.25) is 19.7 Å². The van der Waals surface area contributed by atoms with Crippen LogP contribution in [0.5, 0.6) is 0 Å². The first-order chi connectivity index (χ1) is 9.54. The van der Waals surface area contributed by atoms with Crippen LogP contribution in [0.1, 0.15) is 19.8 Å². The molecule has 0 aliphatic carbocycles. The lowest BCUT2D eigenvalue weighted by molar-refractivity contribution is -0.135. The van der Waals surface area contributed by atoms with Crippen LogP contribution >= 0.6 is 11.8 Å². The summed E-state index contributed by atoms with van der Waals surface area (Å²) in [6.45, 7) is 1.46. The second-order valence-corrected chi connectivity index (χ2v) is 5.76. The van der Waals surface area contributed by atoms with Gasteiger partial charge in [0, 0.05) is 35.6 Å². The smallest absolute Gasteiger partial charge is 0.230 e. The quantitative estimate of drug-likeness (QED) is 0.655. The van der Waals surface area contributed by atoms with Gasteiger partial charge in [-0.1, -0.05) is 6.07 Å². The Morgan fingerprint density at radius 2 is 2.25 bits per heavy atom. The van der Waals surface area contributed by atoms with E-state index in [9.17, 15) is 14.4 Å². The summed E-state index contributed by atoms with van der Waals surface area (Å²) in [7, 11) is 0. The normalized spacial score (nSPS) is 18.6. The van der Waals surface area contributed by atoms with Crippen molar-refractivity contribution in [3.8, 4) is 0 Å². The Hall–Kier alpha value is -1.82. The van der Waals surface area contributed by atoms with Crippen LogP contribution < -0.4 is 10.6 Å². The second-order valence-electron chi connectivity index (χ2n) is 4.67. The molecule has 0 bridgehead atoms. The molecular formula is C14H16N2O3S. The highest BCUT2D eigenvalue weighted by Crippen LogP contribution is 2.26. The maximum atomic E-state index is 11.6. The van der Waals surface area contributed by atoms with Crippen LogP contribution in [0.25, 0.3) is 0 Å². The molecule has 106 valence electrons. The lowest BCUT2D eigenvalue weighted by atomic mass is 10.0. The van der Waals surface area contributed by atoms with E-state index in [0.29, 0.717) is 18.6 Å². The van der Waals surface area contributed by atoms with Gasteiger partial charge in [0.25, 0.3) is 0 Å². The minimum Gasteiger partial charge on any atom is -0.326 e. The monoisotopic (exact) mass is 292 g/mol. The molecule has 1 aliphatic heterocycles. The van der Waals surface area contributed by atoms with Crippen molar-refractivity contribution >= 4 is 35.2 Å². The van der Waals surface area contributed by atoms with Crippen LogP contribution in [0.4, 0.5) is 5.69 Å². The van der Waals surface area contributed by atoms with Gasteiger partial charge in [0.1, 0.15) is 0 Å². The molecule has 6 heteroatoms. The van der Waals surface area contributed by atoms with Gasteiger partial charge in [-0.05, 0) is 24.6 Å². The summed E-state index contributed by atoms with van der Waals surface area (Å²) in [5, 5.41) is 5.08. The summed E-state index contributed by atoms with van der Waals surface area (Å²) in [6, 6.07) is 7.48. The molecule has 0 aromatic heterocycles. The molecule has 2 N–H and O–H groups in total. The molecule has 1 atom stereocenters. The van der Waals surface area contributed by atoms with E-state index in [1.165, 1.54) is 6.92 Å². The fourth-order valence-electron chi connectivity index (χ4n) is 1.96. The number of piperidine rings is 1. The van der Waals surface area contributed by atoms with Crippen LogP contribution in [0, 0.1) is 5.92 Å². The zero-order valence-electron chi connectivity index (χ0n) is 11.1. The molecule has 3 amide bonds. The Kier molecular flexibility index (Phi) is 4.79. The van der Waals surface area contributed by atoms with Gasteiger partial charge in [0.05, 0.1) is 0 Å². The van der Waals surface area contributed by atoms with Crippen LogP contribution in [-0.4, -0.2) is 23.5 Å². The number of carbonyl (C=O) groups is 3. The zero-order chi connectivity index (χ0) is 14.5. The molecule has 1 aliphatic rings. The highest BCUT2D eigenvalue weighted by atomic mass is 32.2. The lowest BCUT2D eigenvalue weighted by Gasteiger charge is -2.20. The van der Waals surface area contributed by atoms with E-state index < -0.39 is 0 Å². The Balaban J connectivity index is 1.92. The number of hydrogen-bond acceptors (Lipinski definition) is 4. The summed E-state index contributed by atoms with van der Waals surface area (Å²) in [5.41, 5.74) is 0.741. The molecule has 1 fully saturated rings. The van der Waals surface area contributed by atoms with Crippen molar-refractivity contribution < 1.29 is 14.4 Å². The maximum absolute atomic E-state index is 11.6. The van der Waals surface area contributed by atoms with Gasteiger partial charge in [-0.2, -0.15) is 0 Å². The Bertz CT molecular complexity index is 545. The summed E-state index contributed by atoms with van der Waals surface area (Å²) in [6.07, 6.45) is 1.01. The summed E-state index contributed by atoms with van der Waals surface area (Å²) < 4.78 is 0. The molecule has 20 heavy (non-hydrogen) atoms. The van der Waals surface area contributed by atoms with Crippen LogP contribution in [0.3, 0.4) is 0 Å². The molecule has 0 saturated carbocycles. The summed E-state index contributed by atoms with van der Waals surface area (Å²) in [5.74, 6) is -0.00191. The van der Waals surface area contributed by atoms with E-state index >= 15 is 0 Å². The maximum Gasteiger partial charge on any atom is 0.230 e. The van der Waals surface area contributed by atoms with E-state index in [1.54, 1.807) is 11.8 Å². The van der Waals surface area contributed by atoms with Crippen molar-refractivity contribution in [2.75, 3.05) is 11.1 Å². The summed E-state index contributed by atoms with van der Waals surface area (Å²) >= 11 is 1.55. The van der Waals surface area contributed by atoms with Gasteiger partial charge in [-0.25, -0.2) is 0 Å². The number of rotatable bonds is 4. The van der Waals surface area contributed by atoms with E-state index in [1.807, 2.05) is 24.3 Å². The van der Waals surface area contributed by atoms with Gasteiger partial charge in [-0.15, -0.1) is 11.8 Å². The number of amides is 3. The molecule has 0 radical (unpaired) electrons. The number of nitrogens with one attached hydrogen (secondary N) is 2. The Labute approximate surface area is 121 Å². The minimum absolute atomic E-state index is 0.114. The first-order valence-electron chi connectivity index (χ1n) is 6.39.